The average Bonchev–Trinajstić information content (AvgIpc) is 3.18. The van der Waals surface area contributed by atoms with E-state index >= 15 is 0 Å². The number of anilines is 3. The first kappa shape index (κ1) is 26.4. The molecule has 49 heavy (non-hydrogen) atoms. The van der Waals surface area contributed by atoms with Gasteiger partial charge in [-0.25, -0.2) is 0 Å². The fraction of sp³-hybridized carbons (Fsp3) is 0.106. The Kier molecular flexibility index (Phi) is 4.89. The van der Waals surface area contributed by atoms with Crippen LogP contribution in [0.1, 0.15) is 68.8 Å². The highest BCUT2D eigenvalue weighted by Gasteiger charge is 2.60. The fourth-order valence-corrected chi connectivity index (χ4v) is 11.3. The molecule has 3 heterocycles. The molecule has 2 unspecified atom stereocenters. The van der Waals surface area contributed by atoms with Crippen LogP contribution in [-0.2, 0) is 10.8 Å². The zero-order chi connectivity index (χ0) is 31.9. The lowest BCUT2D eigenvalue weighted by molar-refractivity contribution is 0.424. The summed E-state index contributed by atoms with van der Waals surface area (Å²) in [4.78, 5) is 2.75. The minimum absolute atomic E-state index is 0.129. The predicted molar refractivity (Wildman–Crippen MR) is 201 cm³/mol. The van der Waals surface area contributed by atoms with Crippen molar-refractivity contribution in [1.82, 2.24) is 0 Å². The van der Waals surface area contributed by atoms with E-state index in [1.54, 1.807) is 5.56 Å². The average molecular weight is 622 g/mol. The summed E-state index contributed by atoms with van der Waals surface area (Å²) in [5, 5.41) is 0. The first-order valence-electron chi connectivity index (χ1n) is 17.8. The maximum atomic E-state index is 2.75. The molecule has 0 saturated heterocycles. The maximum absolute atomic E-state index is 2.75. The van der Waals surface area contributed by atoms with Crippen molar-refractivity contribution in [2.24, 2.45) is 0 Å². The van der Waals surface area contributed by atoms with Crippen molar-refractivity contribution in [2.45, 2.75) is 29.6 Å². The van der Waals surface area contributed by atoms with E-state index in [4.69, 9.17) is 0 Å². The molecule has 6 aliphatic rings. The third kappa shape index (κ3) is 2.90. The molecule has 2 atom stereocenters. The molecule has 0 radical (unpaired) electrons. The quantitative estimate of drug-likeness (QED) is 0.179. The minimum Gasteiger partial charge on any atom is -0.310 e. The Bertz CT molecular complexity index is 2480. The molecule has 0 N–H and O–H groups in total. The largest absolute Gasteiger partial charge is 0.310 e. The molecule has 0 aromatic heterocycles. The van der Waals surface area contributed by atoms with E-state index in [1.807, 2.05) is 0 Å². The fourth-order valence-electron chi connectivity index (χ4n) is 11.3. The van der Waals surface area contributed by atoms with E-state index in [1.165, 1.54) is 84.4 Å². The lowest BCUT2D eigenvalue weighted by Gasteiger charge is -2.60. The molecule has 2 bridgehead atoms. The molecule has 0 saturated carbocycles. The zero-order valence-electron chi connectivity index (χ0n) is 27.1. The summed E-state index contributed by atoms with van der Waals surface area (Å²) in [6.07, 6.45) is 2.32. The Labute approximate surface area is 287 Å². The van der Waals surface area contributed by atoms with Gasteiger partial charge in [-0.3, -0.25) is 0 Å². The van der Waals surface area contributed by atoms with Gasteiger partial charge in [-0.15, -0.1) is 0 Å². The molecule has 2 heteroatoms. The van der Waals surface area contributed by atoms with Crippen LogP contribution in [-0.4, -0.2) is 6.71 Å². The first-order valence-corrected chi connectivity index (χ1v) is 17.8. The van der Waals surface area contributed by atoms with Crippen molar-refractivity contribution >= 4 is 40.2 Å². The van der Waals surface area contributed by atoms with Crippen molar-refractivity contribution in [3.05, 3.63) is 214 Å². The second-order valence-corrected chi connectivity index (χ2v) is 14.7. The van der Waals surface area contributed by atoms with Crippen LogP contribution in [0, 0.1) is 0 Å². The second-order valence-electron chi connectivity index (χ2n) is 14.7. The number of hydrogen-bond donors (Lipinski definition) is 0. The minimum atomic E-state index is -0.489. The lowest BCUT2D eigenvalue weighted by Crippen LogP contribution is -2.61. The monoisotopic (exact) mass is 621 g/mol. The van der Waals surface area contributed by atoms with Crippen molar-refractivity contribution in [3.8, 4) is 0 Å². The number of hydrogen-bond acceptors (Lipinski definition) is 1. The van der Waals surface area contributed by atoms with Crippen molar-refractivity contribution in [2.75, 3.05) is 4.90 Å². The van der Waals surface area contributed by atoms with Gasteiger partial charge in [0.25, 0.3) is 0 Å². The second kappa shape index (κ2) is 9.09. The molecular formula is C47H32BN. The highest BCUT2D eigenvalue weighted by atomic mass is 15.2. The molecule has 3 aliphatic heterocycles. The van der Waals surface area contributed by atoms with Crippen LogP contribution in [0.5, 0.6) is 0 Å². The third-order valence-electron chi connectivity index (χ3n) is 12.9. The normalized spacial score (nSPS) is 20.4. The number of para-hydroxylation sites is 2. The number of nitrogens with zero attached hydrogens (tertiary/aromatic N) is 1. The van der Waals surface area contributed by atoms with Gasteiger partial charge in [0.1, 0.15) is 0 Å². The van der Waals surface area contributed by atoms with Gasteiger partial charge in [-0.1, -0.05) is 169 Å². The highest BCUT2D eigenvalue weighted by molar-refractivity contribution is 6.98. The van der Waals surface area contributed by atoms with Gasteiger partial charge in [0, 0.05) is 22.7 Å². The van der Waals surface area contributed by atoms with E-state index in [0.717, 1.165) is 6.42 Å². The summed E-state index contributed by atoms with van der Waals surface area (Å²) < 4.78 is 0. The van der Waals surface area contributed by atoms with E-state index in [9.17, 15) is 0 Å². The summed E-state index contributed by atoms with van der Waals surface area (Å²) in [6.45, 7) is 0.129. The van der Waals surface area contributed by atoms with Crippen LogP contribution in [0.2, 0.25) is 0 Å². The summed E-state index contributed by atoms with van der Waals surface area (Å²) >= 11 is 0. The van der Waals surface area contributed by atoms with E-state index < -0.39 is 5.41 Å². The molecule has 1 spiro atoms. The van der Waals surface area contributed by atoms with Gasteiger partial charge in [0.2, 0.25) is 6.71 Å². The van der Waals surface area contributed by atoms with Gasteiger partial charge in [-0.05, 0) is 73.8 Å². The molecule has 7 aromatic rings. The molecule has 7 aromatic carbocycles. The lowest BCUT2D eigenvalue weighted by atomic mass is 9.33. The molecule has 3 aliphatic carbocycles. The van der Waals surface area contributed by atoms with Gasteiger partial charge >= 0.3 is 0 Å². The van der Waals surface area contributed by atoms with Gasteiger partial charge < -0.3 is 4.90 Å². The van der Waals surface area contributed by atoms with Crippen molar-refractivity contribution < 1.29 is 0 Å². The zero-order valence-corrected chi connectivity index (χ0v) is 27.1. The molecule has 0 amide bonds. The topological polar surface area (TPSA) is 3.24 Å². The number of fused-ring (bicyclic) bond motifs is 1. The summed E-state index contributed by atoms with van der Waals surface area (Å²) in [5.74, 6) is 0.421. The standard InChI is InChI=1S/C47H32BN/c1-4-14-30(15-5-1)47(31-16-6-2-7-17-31)38-23-13-25-41-44(38)49-43-37(22-12-24-40(43)48(41)32-18-8-3-9-19-32)46-29-28-33(34-20-10-11-21-36(34)46)35-26-27-39(47)45(49)42(35)46/h1-27,33H,28-29H2. The summed E-state index contributed by atoms with van der Waals surface area (Å²) in [6, 6.07) is 62.8. The molecule has 228 valence electrons. The SMILES string of the molecule is c1ccc(B2c3cccc4c3N3c5c2cccc5C(c2ccccc2)(c2ccccc2)c2ccc5c(c23)C42CCC5c3ccccc32)cc1. The van der Waals surface area contributed by atoms with Crippen LogP contribution in [0.4, 0.5) is 17.1 Å². The van der Waals surface area contributed by atoms with E-state index in [2.05, 4.69) is 169 Å². The summed E-state index contributed by atoms with van der Waals surface area (Å²) in [7, 11) is 0. The third-order valence-corrected chi connectivity index (χ3v) is 12.9. The molecule has 13 rings (SSSR count). The summed E-state index contributed by atoms with van der Waals surface area (Å²) in [5.41, 5.74) is 20.7. The van der Waals surface area contributed by atoms with Crippen LogP contribution >= 0.6 is 0 Å². The Morgan fingerprint density at radius 1 is 0.469 bits per heavy atom. The Balaban J connectivity index is 1.34. The molecular weight excluding hydrogens is 589 g/mol. The van der Waals surface area contributed by atoms with Gasteiger partial charge in [0.05, 0.1) is 11.1 Å². The number of benzene rings is 7. The Morgan fingerprint density at radius 3 is 1.76 bits per heavy atom. The van der Waals surface area contributed by atoms with Crippen molar-refractivity contribution in [3.63, 3.8) is 0 Å². The highest BCUT2D eigenvalue weighted by Crippen LogP contribution is 2.70. The first-order chi connectivity index (χ1) is 24.3. The Morgan fingerprint density at radius 2 is 1.04 bits per heavy atom. The predicted octanol–water partition coefficient (Wildman–Crippen LogP) is 8.57. The van der Waals surface area contributed by atoms with Crippen LogP contribution in [0.3, 0.4) is 0 Å². The van der Waals surface area contributed by atoms with E-state index in [0.29, 0.717) is 5.92 Å². The van der Waals surface area contributed by atoms with Gasteiger partial charge in [0.15, 0.2) is 0 Å². The Hall–Kier alpha value is -5.60. The van der Waals surface area contributed by atoms with E-state index in [-0.39, 0.29) is 12.1 Å². The smallest absolute Gasteiger partial charge is 0.246 e. The van der Waals surface area contributed by atoms with Crippen LogP contribution in [0.15, 0.2) is 164 Å². The van der Waals surface area contributed by atoms with Crippen LogP contribution in [0.25, 0.3) is 0 Å². The number of rotatable bonds is 3. The van der Waals surface area contributed by atoms with Gasteiger partial charge in [-0.2, -0.15) is 0 Å². The molecule has 0 fully saturated rings. The maximum Gasteiger partial charge on any atom is 0.246 e. The van der Waals surface area contributed by atoms with Crippen LogP contribution < -0.4 is 21.3 Å². The van der Waals surface area contributed by atoms with Crippen molar-refractivity contribution in [1.29, 1.82) is 0 Å². The molecule has 1 nitrogen and oxygen atoms in total.